The van der Waals surface area contributed by atoms with Crippen molar-refractivity contribution in [3.8, 4) is 5.75 Å². The van der Waals surface area contributed by atoms with Crippen molar-refractivity contribution in [2.45, 2.75) is 0 Å². The molecule has 0 unspecified atom stereocenters. The largest absolute Gasteiger partial charge is 0.497 e. The highest BCUT2D eigenvalue weighted by Crippen LogP contribution is 2.19. The molecule has 2 aromatic carbocycles. The highest BCUT2D eigenvalue weighted by atomic mass is 16.5. The van der Waals surface area contributed by atoms with E-state index in [9.17, 15) is 4.79 Å². The van der Waals surface area contributed by atoms with E-state index in [-0.39, 0.29) is 5.91 Å². The summed E-state index contributed by atoms with van der Waals surface area (Å²) >= 11 is 0. The van der Waals surface area contributed by atoms with Crippen LogP contribution in [0.3, 0.4) is 0 Å². The number of anilines is 2. The molecule has 110 valence electrons. The van der Waals surface area contributed by atoms with Gasteiger partial charge in [0.1, 0.15) is 11.5 Å². The highest BCUT2D eigenvalue weighted by molar-refractivity contribution is 6.48. The molecule has 5 nitrogen and oxygen atoms in total. The first-order valence-electron chi connectivity index (χ1n) is 6.82. The number of ether oxygens (including phenoxy) is 1. The third-order valence-corrected chi connectivity index (χ3v) is 3.26. The van der Waals surface area contributed by atoms with Gasteiger partial charge in [-0.25, -0.2) is 0 Å². The number of nitrogens with one attached hydrogen (secondary N) is 2. The van der Waals surface area contributed by atoms with Crippen LogP contribution < -0.4 is 15.5 Å². The molecule has 0 saturated carbocycles. The summed E-state index contributed by atoms with van der Waals surface area (Å²) in [6, 6.07) is 14.8. The second kappa shape index (κ2) is 6.13. The minimum Gasteiger partial charge on any atom is -0.497 e. The highest BCUT2D eigenvalue weighted by Gasteiger charge is 2.12. The molecule has 0 aromatic heterocycles. The number of carbonyl (C=O) groups is 1. The second-order valence-electron chi connectivity index (χ2n) is 4.71. The minimum absolute atomic E-state index is 0.276. The van der Waals surface area contributed by atoms with Gasteiger partial charge in [0, 0.05) is 5.69 Å². The van der Waals surface area contributed by atoms with Gasteiger partial charge in [0.15, 0.2) is 0 Å². The Labute approximate surface area is 128 Å². The van der Waals surface area contributed by atoms with E-state index in [4.69, 9.17) is 4.74 Å². The summed E-state index contributed by atoms with van der Waals surface area (Å²) in [4.78, 5) is 12.3. The third-order valence-electron chi connectivity index (χ3n) is 3.26. The van der Waals surface area contributed by atoms with Gasteiger partial charge in [0.2, 0.25) is 0 Å². The van der Waals surface area contributed by atoms with Crippen molar-refractivity contribution in [1.82, 2.24) is 0 Å². The average molecular weight is 293 g/mol. The number of hydrazone groups is 1. The van der Waals surface area contributed by atoms with Crippen LogP contribution in [0.5, 0.6) is 5.75 Å². The lowest BCUT2D eigenvalue weighted by Crippen LogP contribution is -2.21. The summed E-state index contributed by atoms with van der Waals surface area (Å²) < 4.78 is 5.09. The van der Waals surface area contributed by atoms with Crippen LogP contribution in [0, 0.1) is 0 Å². The van der Waals surface area contributed by atoms with E-state index in [1.165, 1.54) is 0 Å². The van der Waals surface area contributed by atoms with Crippen molar-refractivity contribution >= 4 is 29.1 Å². The quantitative estimate of drug-likeness (QED) is 0.914. The van der Waals surface area contributed by atoms with Crippen molar-refractivity contribution in [1.29, 1.82) is 0 Å². The van der Waals surface area contributed by atoms with Crippen molar-refractivity contribution in [3.05, 3.63) is 60.2 Å². The molecule has 2 N–H and O–H groups in total. The fourth-order valence-corrected chi connectivity index (χ4v) is 2.07. The number of amides is 1. The molecule has 1 aliphatic rings. The van der Waals surface area contributed by atoms with Gasteiger partial charge in [0.05, 0.1) is 12.8 Å². The molecule has 1 aliphatic heterocycles. The normalized spacial score (nSPS) is 12.5. The molecule has 0 saturated heterocycles. The van der Waals surface area contributed by atoms with Crippen LogP contribution in [0.25, 0.3) is 6.08 Å². The molecule has 0 atom stereocenters. The fourth-order valence-electron chi connectivity index (χ4n) is 2.07. The Morgan fingerprint density at radius 3 is 2.64 bits per heavy atom. The lowest BCUT2D eigenvalue weighted by Gasteiger charge is -2.06. The van der Waals surface area contributed by atoms with Gasteiger partial charge in [-0.2, -0.15) is 5.10 Å². The number of benzene rings is 2. The van der Waals surface area contributed by atoms with Crippen LogP contribution >= 0.6 is 0 Å². The zero-order valence-electron chi connectivity index (χ0n) is 12.0. The van der Waals surface area contributed by atoms with Gasteiger partial charge in [-0.1, -0.05) is 24.3 Å². The molecule has 0 fully saturated rings. The number of carbonyl (C=O) groups excluding carboxylic acids is 1. The summed E-state index contributed by atoms with van der Waals surface area (Å²) in [5.74, 6) is 0.462. The number of nitrogens with zero attached hydrogens (tertiary/aromatic N) is 1. The zero-order valence-corrected chi connectivity index (χ0v) is 12.0. The van der Waals surface area contributed by atoms with Crippen LogP contribution in [0.15, 0.2) is 59.7 Å². The Morgan fingerprint density at radius 1 is 1.09 bits per heavy atom. The van der Waals surface area contributed by atoms with Crippen LogP contribution in [-0.4, -0.2) is 18.7 Å². The molecule has 0 bridgehead atoms. The molecular formula is C17H15N3O2. The SMILES string of the molecule is COc1ccc(NC(=O)C2=NNc3ccccc3C=C2)cc1. The maximum absolute atomic E-state index is 12.3. The summed E-state index contributed by atoms with van der Waals surface area (Å²) in [6.07, 6.45) is 3.56. The third kappa shape index (κ3) is 2.98. The van der Waals surface area contributed by atoms with Crippen molar-refractivity contribution < 1.29 is 9.53 Å². The summed E-state index contributed by atoms with van der Waals surface area (Å²) in [5.41, 5.74) is 5.75. The molecule has 22 heavy (non-hydrogen) atoms. The van der Waals surface area contributed by atoms with Crippen LogP contribution in [-0.2, 0) is 4.79 Å². The summed E-state index contributed by atoms with van der Waals surface area (Å²) in [5, 5.41) is 6.94. The number of rotatable bonds is 3. The van der Waals surface area contributed by atoms with Crippen LogP contribution in [0.4, 0.5) is 11.4 Å². The Hall–Kier alpha value is -3.08. The number of para-hydroxylation sites is 1. The molecule has 1 amide bonds. The van der Waals surface area contributed by atoms with E-state index < -0.39 is 0 Å². The van der Waals surface area contributed by atoms with Crippen molar-refractivity contribution in [3.63, 3.8) is 0 Å². The first kappa shape index (κ1) is 13.9. The van der Waals surface area contributed by atoms with Crippen LogP contribution in [0.1, 0.15) is 5.56 Å². The van der Waals surface area contributed by atoms with E-state index in [2.05, 4.69) is 15.8 Å². The molecule has 1 heterocycles. The molecule has 2 aromatic rings. The molecule has 5 heteroatoms. The van der Waals surface area contributed by atoms with E-state index in [0.717, 1.165) is 17.0 Å². The van der Waals surface area contributed by atoms with E-state index in [0.29, 0.717) is 11.4 Å². The summed E-state index contributed by atoms with van der Waals surface area (Å²) in [7, 11) is 1.60. The molecule has 0 aliphatic carbocycles. The minimum atomic E-state index is -0.276. The average Bonchev–Trinajstić information content (AvgIpc) is 2.78. The fraction of sp³-hybridized carbons (Fsp3) is 0.0588. The topological polar surface area (TPSA) is 62.7 Å². The summed E-state index contributed by atoms with van der Waals surface area (Å²) in [6.45, 7) is 0. The molecular weight excluding hydrogens is 278 g/mol. The predicted molar refractivity (Wildman–Crippen MR) is 88.2 cm³/mol. The predicted octanol–water partition coefficient (Wildman–Crippen LogP) is 3.13. The lowest BCUT2D eigenvalue weighted by atomic mass is 10.1. The Balaban J connectivity index is 1.74. The first-order chi connectivity index (χ1) is 10.8. The Kier molecular flexibility index (Phi) is 3.87. The van der Waals surface area contributed by atoms with Crippen molar-refractivity contribution in [2.24, 2.45) is 5.10 Å². The number of hydrogen-bond acceptors (Lipinski definition) is 4. The van der Waals surface area contributed by atoms with E-state index >= 15 is 0 Å². The first-order valence-corrected chi connectivity index (χ1v) is 6.82. The van der Waals surface area contributed by atoms with Gasteiger partial charge in [-0.3, -0.25) is 10.2 Å². The number of fused-ring (bicyclic) bond motifs is 1. The molecule has 3 rings (SSSR count). The van der Waals surface area contributed by atoms with E-state index in [1.54, 1.807) is 37.5 Å². The maximum atomic E-state index is 12.3. The monoisotopic (exact) mass is 293 g/mol. The molecule has 0 radical (unpaired) electrons. The number of hydrogen-bond donors (Lipinski definition) is 2. The second-order valence-corrected chi connectivity index (χ2v) is 4.71. The standard InChI is InChI=1S/C17H15N3O2/c1-22-14-9-7-13(8-10-14)18-17(21)16-11-6-12-4-2-3-5-15(12)19-20-16/h2-11,19H,1H3,(H,18,21). The van der Waals surface area contributed by atoms with Gasteiger partial charge >= 0.3 is 0 Å². The lowest BCUT2D eigenvalue weighted by molar-refractivity contribution is -0.110. The Morgan fingerprint density at radius 2 is 1.86 bits per heavy atom. The zero-order chi connectivity index (χ0) is 15.4. The number of methoxy groups -OCH3 is 1. The van der Waals surface area contributed by atoms with Gasteiger partial charge < -0.3 is 10.1 Å². The van der Waals surface area contributed by atoms with Crippen LogP contribution in [0.2, 0.25) is 0 Å². The van der Waals surface area contributed by atoms with Crippen molar-refractivity contribution in [2.75, 3.05) is 17.9 Å². The van der Waals surface area contributed by atoms with Gasteiger partial charge in [-0.15, -0.1) is 0 Å². The smallest absolute Gasteiger partial charge is 0.276 e. The molecule has 0 spiro atoms. The Bertz CT molecular complexity index is 749. The van der Waals surface area contributed by atoms with E-state index in [1.807, 2.05) is 30.3 Å². The maximum Gasteiger partial charge on any atom is 0.276 e. The van der Waals surface area contributed by atoms with Gasteiger partial charge in [-0.05, 0) is 42.0 Å². The van der Waals surface area contributed by atoms with Gasteiger partial charge in [0.25, 0.3) is 5.91 Å².